The summed E-state index contributed by atoms with van der Waals surface area (Å²) < 4.78 is 0.971. The van der Waals surface area contributed by atoms with E-state index in [0.717, 1.165) is 32.0 Å². The average Bonchev–Trinajstić information content (AvgIpc) is 3.06. The molecule has 6 heteroatoms. The predicted molar refractivity (Wildman–Crippen MR) is 102 cm³/mol. The maximum Gasteiger partial charge on any atom is 0.124 e. The number of phenolic OH excluding ortho intramolecular Hbond substituents is 1. The number of pyridine rings is 1. The molecule has 0 bridgehead atoms. The number of thiazole rings is 1. The third kappa shape index (κ3) is 3.49. The van der Waals surface area contributed by atoms with Crippen LogP contribution in [0.3, 0.4) is 0 Å². The van der Waals surface area contributed by atoms with Gasteiger partial charge in [0.15, 0.2) is 0 Å². The Balaban J connectivity index is 1.50. The summed E-state index contributed by atoms with van der Waals surface area (Å²) in [6, 6.07) is 16.9. The molecule has 122 valence electrons. The molecule has 0 amide bonds. The van der Waals surface area contributed by atoms with E-state index in [-0.39, 0.29) is 5.75 Å². The van der Waals surface area contributed by atoms with E-state index >= 15 is 0 Å². The molecule has 0 spiro atoms. The number of hydrazone groups is 1. The van der Waals surface area contributed by atoms with E-state index in [1.165, 1.54) is 0 Å². The Hall–Kier alpha value is -3.25. The molecule has 0 aliphatic carbocycles. The zero-order valence-corrected chi connectivity index (χ0v) is 13.9. The van der Waals surface area contributed by atoms with Crippen LogP contribution >= 0.6 is 11.3 Å². The topological polar surface area (TPSA) is 70.4 Å². The number of fused-ring (bicyclic) bond motifs is 1. The molecule has 0 saturated carbocycles. The number of nitrogens with zero attached hydrogens (tertiary/aromatic N) is 3. The lowest BCUT2D eigenvalue weighted by Gasteiger charge is -2.01. The molecule has 0 aliphatic rings. The highest BCUT2D eigenvalue weighted by Gasteiger charge is 2.06. The molecule has 0 saturated heterocycles. The van der Waals surface area contributed by atoms with Gasteiger partial charge >= 0.3 is 0 Å². The average molecular weight is 346 g/mol. The number of nitrogens with one attached hydrogen (secondary N) is 1. The van der Waals surface area contributed by atoms with E-state index in [1.54, 1.807) is 42.1 Å². The number of benzene rings is 2. The second-order valence-electron chi connectivity index (χ2n) is 5.40. The van der Waals surface area contributed by atoms with Crippen molar-refractivity contribution in [3.8, 4) is 16.3 Å². The largest absolute Gasteiger partial charge is 0.508 e. The van der Waals surface area contributed by atoms with Gasteiger partial charge in [0.1, 0.15) is 10.8 Å². The Morgan fingerprint density at radius 1 is 1.00 bits per heavy atom. The highest BCUT2D eigenvalue weighted by Crippen LogP contribution is 2.32. The minimum Gasteiger partial charge on any atom is -0.508 e. The first-order valence-corrected chi connectivity index (χ1v) is 8.49. The van der Waals surface area contributed by atoms with Crippen LogP contribution in [-0.4, -0.2) is 21.3 Å². The highest BCUT2D eigenvalue weighted by atomic mass is 32.1. The summed E-state index contributed by atoms with van der Waals surface area (Å²) in [5.41, 5.74) is 6.81. The van der Waals surface area contributed by atoms with Crippen LogP contribution in [0.5, 0.6) is 5.75 Å². The Morgan fingerprint density at radius 2 is 1.80 bits per heavy atom. The Bertz CT molecular complexity index is 1030. The summed E-state index contributed by atoms with van der Waals surface area (Å²) in [6.45, 7) is 0. The van der Waals surface area contributed by atoms with Gasteiger partial charge in [-0.05, 0) is 60.2 Å². The minimum absolute atomic E-state index is 0.259. The van der Waals surface area contributed by atoms with Gasteiger partial charge in [-0.25, -0.2) is 4.98 Å². The van der Waals surface area contributed by atoms with E-state index in [9.17, 15) is 5.11 Å². The van der Waals surface area contributed by atoms with Gasteiger partial charge in [0, 0.05) is 18.0 Å². The lowest BCUT2D eigenvalue weighted by atomic mass is 10.2. The lowest BCUT2D eigenvalue weighted by Crippen LogP contribution is -1.90. The van der Waals surface area contributed by atoms with Crippen LogP contribution in [0.15, 0.2) is 72.1 Å². The highest BCUT2D eigenvalue weighted by molar-refractivity contribution is 7.21. The van der Waals surface area contributed by atoms with Gasteiger partial charge in [0.05, 0.1) is 22.1 Å². The van der Waals surface area contributed by atoms with Gasteiger partial charge in [-0.3, -0.25) is 10.4 Å². The fourth-order valence-electron chi connectivity index (χ4n) is 2.35. The third-order valence-corrected chi connectivity index (χ3v) is 4.68. The van der Waals surface area contributed by atoms with E-state index in [1.807, 2.05) is 42.5 Å². The van der Waals surface area contributed by atoms with Crippen LogP contribution in [0.1, 0.15) is 5.56 Å². The maximum absolute atomic E-state index is 9.57. The summed E-state index contributed by atoms with van der Waals surface area (Å²) >= 11 is 1.56. The van der Waals surface area contributed by atoms with Gasteiger partial charge in [-0.1, -0.05) is 0 Å². The first kappa shape index (κ1) is 15.3. The number of hydrogen-bond donors (Lipinski definition) is 2. The number of phenols is 1. The number of aromatic nitrogens is 2. The van der Waals surface area contributed by atoms with Gasteiger partial charge in [-0.2, -0.15) is 5.10 Å². The first-order chi connectivity index (χ1) is 12.3. The van der Waals surface area contributed by atoms with Gasteiger partial charge < -0.3 is 5.11 Å². The maximum atomic E-state index is 9.57. The summed E-state index contributed by atoms with van der Waals surface area (Å²) in [6.07, 6.45) is 5.21. The van der Waals surface area contributed by atoms with E-state index in [4.69, 9.17) is 0 Å². The standard InChI is InChI=1S/C19H14N4OS/c24-16-5-6-17-18(11-16)25-19(22-17)14-1-3-15(4-2-14)23-21-12-13-7-9-20-10-8-13/h1-12,23-24H/b21-12+. The van der Waals surface area contributed by atoms with Crippen molar-refractivity contribution in [1.82, 2.24) is 9.97 Å². The molecule has 5 nitrogen and oxygen atoms in total. The molecule has 2 aromatic heterocycles. The van der Waals surface area contributed by atoms with Gasteiger partial charge in [0.25, 0.3) is 0 Å². The van der Waals surface area contributed by atoms with Crippen LogP contribution < -0.4 is 5.43 Å². The zero-order chi connectivity index (χ0) is 17.1. The quantitative estimate of drug-likeness (QED) is 0.421. The molecule has 2 aromatic carbocycles. The monoisotopic (exact) mass is 346 g/mol. The molecular formula is C19H14N4OS. The number of aromatic hydroxyl groups is 1. The molecule has 0 atom stereocenters. The van der Waals surface area contributed by atoms with Crippen molar-refractivity contribution in [2.45, 2.75) is 0 Å². The van der Waals surface area contributed by atoms with Crippen LogP contribution in [0.25, 0.3) is 20.8 Å². The Morgan fingerprint density at radius 3 is 2.60 bits per heavy atom. The van der Waals surface area contributed by atoms with Crippen molar-refractivity contribution in [3.63, 3.8) is 0 Å². The van der Waals surface area contributed by atoms with Crippen molar-refractivity contribution in [2.75, 3.05) is 5.43 Å². The lowest BCUT2D eigenvalue weighted by molar-refractivity contribution is 0.476. The SMILES string of the molecule is Oc1ccc2nc(-c3ccc(N/N=C/c4ccncc4)cc3)sc2c1. The second-order valence-corrected chi connectivity index (χ2v) is 6.43. The zero-order valence-electron chi connectivity index (χ0n) is 13.1. The van der Waals surface area contributed by atoms with Crippen LogP contribution in [0.2, 0.25) is 0 Å². The molecule has 4 aromatic rings. The predicted octanol–water partition coefficient (Wildman–Crippen LogP) is 4.51. The normalized spacial score (nSPS) is 11.2. The van der Waals surface area contributed by atoms with Crippen LogP contribution in [0, 0.1) is 0 Å². The van der Waals surface area contributed by atoms with E-state index in [2.05, 4.69) is 20.5 Å². The Kier molecular flexibility index (Phi) is 4.10. The molecule has 2 heterocycles. The number of rotatable bonds is 4. The van der Waals surface area contributed by atoms with Crippen molar-refractivity contribution in [3.05, 3.63) is 72.6 Å². The van der Waals surface area contributed by atoms with E-state index < -0.39 is 0 Å². The molecule has 0 unspecified atom stereocenters. The minimum atomic E-state index is 0.259. The second kappa shape index (κ2) is 6.70. The summed E-state index contributed by atoms with van der Waals surface area (Å²) in [7, 11) is 0. The van der Waals surface area contributed by atoms with Crippen molar-refractivity contribution in [1.29, 1.82) is 0 Å². The van der Waals surface area contributed by atoms with Gasteiger partial charge in [0.2, 0.25) is 0 Å². The fourth-order valence-corrected chi connectivity index (χ4v) is 3.36. The summed E-state index contributed by atoms with van der Waals surface area (Å²) in [5, 5.41) is 14.7. The third-order valence-electron chi connectivity index (χ3n) is 3.62. The fraction of sp³-hybridized carbons (Fsp3) is 0. The molecule has 25 heavy (non-hydrogen) atoms. The molecule has 0 radical (unpaired) electrons. The molecular weight excluding hydrogens is 332 g/mol. The van der Waals surface area contributed by atoms with Crippen LogP contribution in [0.4, 0.5) is 5.69 Å². The first-order valence-electron chi connectivity index (χ1n) is 7.67. The molecule has 4 rings (SSSR count). The smallest absolute Gasteiger partial charge is 0.124 e. The molecule has 2 N–H and O–H groups in total. The van der Waals surface area contributed by atoms with Crippen LogP contribution in [-0.2, 0) is 0 Å². The van der Waals surface area contributed by atoms with Gasteiger partial charge in [-0.15, -0.1) is 11.3 Å². The number of hydrogen-bond acceptors (Lipinski definition) is 6. The van der Waals surface area contributed by atoms with Crippen molar-refractivity contribution in [2.24, 2.45) is 5.10 Å². The molecule has 0 fully saturated rings. The number of anilines is 1. The van der Waals surface area contributed by atoms with Crippen molar-refractivity contribution >= 4 is 33.5 Å². The Labute approximate surface area is 148 Å². The van der Waals surface area contributed by atoms with Crippen molar-refractivity contribution < 1.29 is 5.11 Å². The summed E-state index contributed by atoms with van der Waals surface area (Å²) in [4.78, 5) is 8.58. The molecule has 0 aliphatic heterocycles. The summed E-state index contributed by atoms with van der Waals surface area (Å²) in [5.74, 6) is 0.259. The van der Waals surface area contributed by atoms with E-state index in [0.29, 0.717) is 0 Å².